The van der Waals surface area contributed by atoms with Crippen LogP contribution in [0.25, 0.3) is 0 Å². The van der Waals surface area contributed by atoms with Crippen LogP contribution in [-0.2, 0) is 11.2 Å². The Morgan fingerprint density at radius 3 is 2.64 bits per heavy atom. The van der Waals surface area contributed by atoms with E-state index in [1.54, 1.807) is 6.92 Å². The Morgan fingerprint density at radius 1 is 1.64 bits per heavy atom. The molecule has 0 aliphatic heterocycles. The average Bonchev–Trinajstić information content (AvgIpc) is 2.60. The van der Waals surface area contributed by atoms with Crippen molar-refractivity contribution in [3.8, 4) is 0 Å². The highest BCUT2D eigenvalue weighted by Crippen LogP contribution is 2.18. The molecule has 1 aromatic rings. The summed E-state index contributed by atoms with van der Waals surface area (Å²) < 4.78 is 30.0. The number of rotatable bonds is 3. The van der Waals surface area contributed by atoms with Crippen LogP contribution in [0, 0.1) is 0 Å². The molecule has 0 aliphatic rings. The Morgan fingerprint density at radius 2 is 2.29 bits per heavy atom. The van der Waals surface area contributed by atoms with Crippen LogP contribution in [0.3, 0.4) is 0 Å². The highest BCUT2D eigenvalue weighted by atomic mass is 19.3. The van der Waals surface area contributed by atoms with Gasteiger partial charge in [-0.05, 0) is 12.5 Å². The van der Waals surface area contributed by atoms with E-state index in [9.17, 15) is 13.6 Å². The van der Waals surface area contributed by atoms with Gasteiger partial charge in [0, 0.05) is 11.9 Å². The summed E-state index contributed by atoms with van der Waals surface area (Å²) in [5, 5.41) is 0. The molecule has 0 spiro atoms. The van der Waals surface area contributed by atoms with Crippen molar-refractivity contribution in [3.63, 3.8) is 0 Å². The van der Waals surface area contributed by atoms with Gasteiger partial charge in [-0.25, -0.2) is 4.79 Å². The van der Waals surface area contributed by atoms with Gasteiger partial charge in [-0.3, -0.25) is 4.57 Å². The molecule has 14 heavy (non-hydrogen) atoms. The average molecular weight is 203 g/mol. The van der Waals surface area contributed by atoms with Gasteiger partial charge in [-0.15, -0.1) is 0 Å². The van der Waals surface area contributed by atoms with Crippen molar-refractivity contribution in [2.75, 3.05) is 7.11 Å². The summed E-state index contributed by atoms with van der Waals surface area (Å²) in [6, 6.07) is 1.41. The highest BCUT2D eigenvalue weighted by Gasteiger charge is 2.15. The van der Waals surface area contributed by atoms with Crippen LogP contribution in [0.1, 0.15) is 29.5 Å². The lowest BCUT2D eigenvalue weighted by Gasteiger charge is -2.04. The molecule has 0 saturated carbocycles. The van der Waals surface area contributed by atoms with E-state index < -0.39 is 12.5 Å². The SMILES string of the molecule is CCc1cc(C(=O)OC)cn1C(F)F. The van der Waals surface area contributed by atoms with Crippen molar-refractivity contribution in [3.05, 3.63) is 23.5 Å². The van der Waals surface area contributed by atoms with E-state index >= 15 is 0 Å². The molecule has 0 aliphatic carbocycles. The largest absolute Gasteiger partial charge is 0.465 e. The monoisotopic (exact) mass is 203 g/mol. The summed E-state index contributed by atoms with van der Waals surface area (Å²) >= 11 is 0. The first-order chi connectivity index (χ1) is 6.60. The molecule has 5 heteroatoms. The fourth-order valence-electron chi connectivity index (χ4n) is 1.22. The predicted molar refractivity (Wildman–Crippen MR) is 46.4 cm³/mol. The summed E-state index contributed by atoms with van der Waals surface area (Å²) in [5.74, 6) is -0.598. The summed E-state index contributed by atoms with van der Waals surface area (Å²) in [4.78, 5) is 11.0. The van der Waals surface area contributed by atoms with Crippen LogP contribution in [0.2, 0.25) is 0 Å². The van der Waals surface area contributed by atoms with Gasteiger partial charge in [0.05, 0.1) is 12.7 Å². The van der Waals surface area contributed by atoms with Crippen molar-refractivity contribution < 1.29 is 18.3 Å². The molecular weight excluding hydrogens is 192 g/mol. The van der Waals surface area contributed by atoms with Crippen molar-refractivity contribution in [2.24, 2.45) is 0 Å². The van der Waals surface area contributed by atoms with Crippen LogP contribution < -0.4 is 0 Å². The van der Waals surface area contributed by atoms with Crippen LogP contribution in [0.5, 0.6) is 0 Å². The quantitative estimate of drug-likeness (QED) is 0.705. The molecule has 0 N–H and O–H groups in total. The number of methoxy groups -OCH3 is 1. The molecule has 0 atom stereocenters. The van der Waals surface area contributed by atoms with E-state index in [2.05, 4.69) is 4.74 Å². The van der Waals surface area contributed by atoms with Crippen LogP contribution in [0.15, 0.2) is 12.3 Å². The second-order valence-electron chi connectivity index (χ2n) is 2.75. The molecule has 0 unspecified atom stereocenters. The maximum Gasteiger partial charge on any atom is 0.339 e. The summed E-state index contributed by atoms with van der Waals surface area (Å²) in [6.07, 6.45) is 1.55. The Bertz CT molecular complexity index is 334. The van der Waals surface area contributed by atoms with Gasteiger partial charge in [-0.1, -0.05) is 6.92 Å². The van der Waals surface area contributed by atoms with Gasteiger partial charge in [0.15, 0.2) is 0 Å². The van der Waals surface area contributed by atoms with E-state index in [0.717, 1.165) is 10.8 Å². The smallest absolute Gasteiger partial charge is 0.339 e. The normalized spacial score (nSPS) is 10.6. The minimum absolute atomic E-state index is 0.157. The van der Waals surface area contributed by atoms with Gasteiger partial charge in [0.1, 0.15) is 0 Å². The van der Waals surface area contributed by atoms with E-state index in [1.807, 2.05) is 0 Å². The lowest BCUT2D eigenvalue weighted by atomic mass is 10.3. The minimum Gasteiger partial charge on any atom is -0.465 e. The number of carbonyl (C=O) groups is 1. The third-order valence-corrected chi connectivity index (χ3v) is 1.93. The predicted octanol–water partition coefficient (Wildman–Crippen LogP) is 2.23. The first-order valence-corrected chi connectivity index (χ1v) is 4.17. The summed E-state index contributed by atoms with van der Waals surface area (Å²) in [6.45, 7) is -0.877. The van der Waals surface area contributed by atoms with Gasteiger partial charge in [0.2, 0.25) is 0 Å². The molecule has 1 aromatic heterocycles. The topological polar surface area (TPSA) is 31.2 Å². The molecule has 0 bridgehead atoms. The van der Waals surface area contributed by atoms with Gasteiger partial charge < -0.3 is 4.74 Å². The summed E-state index contributed by atoms with van der Waals surface area (Å²) in [5.41, 5.74) is 0.574. The minimum atomic E-state index is -2.62. The second-order valence-corrected chi connectivity index (χ2v) is 2.75. The number of ether oxygens (including phenoxy) is 1. The van der Waals surface area contributed by atoms with Crippen molar-refractivity contribution in [2.45, 2.75) is 19.9 Å². The zero-order valence-electron chi connectivity index (χ0n) is 7.96. The Labute approximate surface area is 80.3 Å². The highest BCUT2D eigenvalue weighted by molar-refractivity contribution is 5.89. The molecule has 0 amide bonds. The van der Waals surface area contributed by atoms with Crippen LogP contribution in [0.4, 0.5) is 8.78 Å². The van der Waals surface area contributed by atoms with E-state index in [-0.39, 0.29) is 5.56 Å². The van der Waals surface area contributed by atoms with Crippen molar-refractivity contribution in [1.29, 1.82) is 0 Å². The van der Waals surface area contributed by atoms with Gasteiger partial charge in [-0.2, -0.15) is 8.78 Å². The molecule has 78 valence electrons. The van der Waals surface area contributed by atoms with Crippen LogP contribution in [-0.4, -0.2) is 17.6 Å². The number of esters is 1. The van der Waals surface area contributed by atoms with Crippen molar-refractivity contribution in [1.82, 2.24) is 4.57 Å². The third kappa shape index (κ3) is 1.92. The number of alkyl halides is 2. The fraction of sp³-hybridized carbons (Fsp3) is 0.444. The molecule has 1 rings (SSSR count). The number of halogens is 2. The summed E-state index contributed by atoms with van der Waals surface area (Å²) in [7, 11) is 1.22. The molecule has 0 saturated heterocycles. The lowest BCUT2D eigenvalue weighted by molar-refractivity contribution is 0.0593. The standard InChI is InChI=1S/C9H11F2NO2/c1-3-7-4-6(8(13)14-2)5-12(7)9(10)11/h4-5,9H,3H2,1-2H3. The van der Waals surface area contributed by atoms with Crippen LogP contribution >= 0.6 is 0 Å². The molecule has 3 nitrogen and oxygen atoms in total. The Balaban J connectivity index is 3.06. The molecule has 0 aromatic carbocycles. The molecule has 1 heterocycles. The lowest BCUT2D eigenvalue weighted by Crippen LogP contribution is -2.01. The zero-order chi connectivity index (χ0) is 10.7. The zero-order valence-corrected chi connectivity index (χ0v) is 7.96. The van der Waals surface area contributed by atoms with Gasteiger partial charge in [0.25, 0.3) is 0 Å². The van der Waals surface area contributed by atoms with E-state index in [0.29, 0.717) is 12.1 Å². The van der Waals surface area contributed by atoms with E-state index in [4.69, 9.17) is 0 Å². The maximum absolute atomic E-state index is 12.4. The van der Waals surface area contributed by atoms with E-state index in [1.165, 1.54) is 13.2 Å². The number of nitrogens with zero attached hydrogens (tertiary/aromatic N) is 1. The molecule has 0 radical (unpaired) electrons. The fourth-order valence-corrected chi connectivity index (χ4v) is 1.22. The number of hydrogen-bond acceptors (Lipinski definition) is 2. The first-order valence-electron chi connectivity index (χ1n) is 4.17. The first kappa shape index (κ1) is 10.7. The number of aromatic nitrogens is 1. The van der Waals surface area contributed by atoms with Crippen molar-refractivity contribution >= 4 is 5.97 Å². The third-order valence-electron chi connectivity index (χ3n) is 1.93. The van der Waals surface area contributed by atoms with Gasteiger partial charge >= 0.3 is 12.5 Å². The number of hydrogen-bond donors (Lipinski definition) is 0. The number of carbonyl (C=O) groups excluding carboxylic acids is 1. The number of aryl methyl sites for hydroxylation is 1. The Kier molecular flexibility index (Phi) is 3.22. The second kappa shape index (κ2) is 4.21. The Hall–Kier alpha value is -1.39. The maximum atomic E-state index is 12.4. The molecule has 0 fully saturated rings. The molecular formula is C9H11F2NO2.